The maximum Gasteiger partial charge on any atom is 0.319 e. The number of rotatable bonds is 6. The zero-order valence-corrected chi connectivity index (χ0v) is 16.1. The number of nitrogens with zero attached hydrogens (tertiary/aromatic N) is 3. The standard InChI is InChI=1S/C20H30N4O3/c1-27-19(25)15-23-11-7-18(8-12-23)24-10-4-5-16(14-24)20(26)22-13-17-6-2-3-9-21-17/h2-3,6,9,16,18H,4-5,7-8,10-15H2,1H3,(H,22,26). The molecule has 0 radical (unpaired) electrons. The fourth-order valence-corrected chi connectivity index (χ4v) is 4.07. The molecule has 3 rings (SSSR count). The molecule has 1 aromatic rings. The number of methoxy groups -OCH3 is 1. The molecule has 2 fully saturated rings. The molecule has 0 aliphatic carbocycles. The van der Waals surface area contributed by atoms with Crippen LogP contribution in [0.4, 0.5) is 0 Å². The zero-order chi connectivity index (χ0) is 19.1. The molecule has 1 N–H and O–H groups in total. The van der Waals surface area contributed by atoms with Gasteiger partial charge in [0.15, 0.2) is 0 Å². The van der Waals surface area contributed by atoms with Crippen molar-refractivity contribution in [3.8, 4) is 0 Å². The second kappa shape index (κ2) is 9.80. The molecule has 1 amide bonds. The van der Waals surface area contributed by atoms with Crippen molar-refractivity contribution in [3.05, 3.63) is 30.1 Å². The summed E-state index contributed by atoms with van der Waals surface area (Å²) in [6, 6.07) is 6.24. The fraction of sp³-hybridized carbons (Fsp3) is 0.650. The Morgan fingerprint density at radius 2 is 2.04 bits per heavy atom. The van der Waals surface area contributed by atoms with Crippen LogP contribution >= 0.6 is 0 Å². The molecule has 1 unspecified atom stereocenters. The summed E-state index contributed by atoms with van der Waals surface area (Å²) in [4.78, 5) is 32.9. The van der Waals surface area contributed by atoms with E-state index < -0.39 is 0 Å². The number of hydrogen-bond donors (Lipinski definition) is 1. The number of esters is 1. The lowest BCUT2D eigenvalue weighted by Crippen LogP contribution is -2.51. The molecule has 1 atom stereocenters. The second-order valence-electron chi connectivity index (χ2n) is 7.46. The van der Waals surface area contributed by atoms with E-state index in [4.69, 9.17) is 4.74 Å². The largest absolute Gasteiger partial charge is 0.468 e. The number of carbonyl (C=O) groups excluding carboxylic acids is 2. The first-order chi connectivity index (χ1) is 13.2. The average Bonchev–Trinajstić information content (AvgIpc) is 2.73. The van der Waals surface area contributed by atoms with Crippen LogP contribution in [0.1, 0.15) is 31.4 Å². The number of pyridine rings is 1. The van der Waals surface area contributed by atoms with E-state index in [1.54, 1.807) is 6.20 Å². The number of hydrogen-bond acceptors (Lipinski definition) is 6. The Labute approximate surface area is 161 Å². The van der Waals surface area contributed by atoms with Gasteiger partial charge >= 0.3 is 5.97 Å². The normalized spacial score (nSPS) is 22.3. The Bertz CT molecular complexity index is 617. The van der Waals surface area contributed by atoms with E-state index in [1.807, 2.05) is 18.2 Å². The summed E-state index contributed by atoms with van der Waals surface area (Å²) in [5, 5.41) is 3.04. The molecule has 2 aliphatic heterocycles. The highest BCUT2D eigenvalue weighted by molar-refractivity contribution is 5.78. The predicted molar refractivity (Wildman–Crippen MR) is 102 cm³/mol. The third-order valence-electron chi connectivity index (χ3n) is 5.65. The third kappa shape index (κ3) is 5.74. The molecular weight excluding hydrogens is 344 g/mol. The van der Waals surface area contributed by atoms with E-state index in [2.05, 4.69) is 20.1 Å². The Balaban J connectivity index is 1.44. The van der Waals surface area contributed by atoms with Crippen LogP contribution in [0.25, 0.3) is 0 Å². The number of aromatic nitrogens is 1. The van der Waals surface area contributed by atoms with Crippen LogP contribution in [-0.4, -0.2) is 72.5 Å². The van der Waals surface area contributed by atoms with E-state index in [0.29, 0.717) is 19.1 Å². The number of amides is 1. The van der Waals surface area contributed by atoms with Gasteiger partial charge in [0.1, 0.15) is 0 Å². The molecule has 2 saturated heterocycles. The molecule has 7 nitrogen and oxygen atoms in total. The van der Waals surface area contributed by atoms with Gasteiger partial charge in [-0.05, 0) is 44.4 Å². The van der Waals surface area contributed by atoms with Crippen molar-refractivity contribution < 1.29 is 14.3 Å². The predicted octanol–water partition coefficient (Wildman–Crippen LogP) is 1.05. The maximum atomic E-state index is 12.6. The van der Waals surface area contributed by atoms with E-state index in [-0.39, 0.29) is 17.8 Å². The summed E-state index contributed by atoms with van der Waals surface area (Å²) in [6.07, 6.45) is 5.84. The minimum atomic E-state index is -0.170. The van der Waals surface area contributed by atoms with E-state index in [1.165, 1.54) is 7.11 Å². The van der Waals surface area contributed by atoms with Gasteiger partial charge < -0.3 is 10.1 Å². The van der Waals surface area contributed by atoms with Crippen molar-refractivity contribution in [3.63, 3.8) is 0 Å². The Kier molecular flexibility index (Phi) is 7.18. The number of ether oxygens (including phenoxy) is 1. The molecule has 0 spiro atoms. The van der Waals surface area contributed by atoms with Crippen LogP contribution < -0.4 is 5.32 Å². The molecule has 7 heteroatoms. The smallest absolute Gasteiger partial charge is 0.319 e. The van der Waals surface area contributed by atoms with Crippen molar-refractivity contribution in [2.75, 3.05) is 39.8 Å². The lowest BCUT2D eigenvalue weighted by Gasteiger charge is -2.41. The average molecular weight is 374 g/mol. The third-order valence-corrected chi connectivity index (χ3v) is 5.65. The lowest BCUT2D eigenvalue weighted by molar-refractivity contribution is -0.142. The van der Waals surface area contributed by atoms with Gasteiger partial charge in [-0.15, -0.1) is 0 Å². The van der Waals surface area contributed by atoms with Gasteiger partial charge in [-0.1, -0.05) is 6.07 Å². The van der Waals surface area contributed by atoms with Gasteiger partial charge in [0.2, 0.25) is 5.91 Å². The first-order valence-electron chi connectivity index (χ1n) is 9.86. The molecular formula is C20H30N4O3. The first-order valence-corrected chi connectivity index (χ1v) is 9.86. The molecule has 2 aliphatic rings. The van der Waals surface area contributed by atoms with Crippen LogP contribution in [0, 0.1) is 5.92 Å². The van der Waals surface area contributed by atoms with Gasteiger partial charge in [0.25, 0.3) is 0 Å². The van der Waals surface area contributed by atoms with Crippen LogP contribution in [0.3, 0.4) is 0 Å². The van der Waals surface area contributed by atoms with Gasteiger partial charge in [0.05, 0.1) is 31.8 Å². The Hall–Kier alpha value is -1.99. The SMILES string of the molecule is COC(=O)CN1CCC(N2CCCC(C(=O)NCc3ccccn3)C2)CC1. The van der Waals surface area contributed by atoms with Crippen LogP contribution in [0.5, 0.6) is 0 Å². The van der Waals surface area contributed by atoms with Crippen molar-refractivity contribution in [1.82, 2.24) is 20.1 Å². The number of piperidine rings is 2. The van der Waals surface area contributed by atoms with Gasteiger partial charge in [-0.25, -0.2) is 0 Å². The van der Waals surface area contributed by atoms with Crippen molar-refractivity contribution in [2.45, 2.75) is 38.3 Å². The molecule has 0 bridgehead atoms. The highest BCUT2D eigenvalue weighted by atomic mass is 16.5. The highest BCUT2D eigenvalue weighted by Crippen LogP contribution is 2.24. The minimum Gasteiger partial charge on any atom is -0.468 e. The fourth-order valence-electron chi connectivity index (χ4n) is 4.07. The van der Waals surface area contributed by atoms with Crippen LogP contribution in [-0.2, 0) is 20.9 Å². The monoisotopic (exact) mass is 374 g/mol. The van der Waals surface area contributed by atoms with Crippen molar-refractivity contribution in [1.29, 1.82) is 0 Å². The molecule has 3 heterocycles. The zero-order valence-electron chi connectivity index (χ0n) is 16.1. The number of likely N-dealkylation sites (tertiary alicyclic amines) is 2. The topological polar surface area (TPSA) is 74.8 Å². The summed E-state index contributed by atoms with van der Waals surface area (Å²) in [5.74, 6) is 0.0140. The first kappa shape index (κ1) is 19.8. The highest BCUT2D eigenvalue weighted by Gasteiger charge is 2.31. The molecule has 148 valence electrons. The summed E-state index contributed by atoms with van der Waals surface area (Å²) in [6.45, 7) is 4.57. The van der Waals surface area contributed by atoms with Gasteiger partial charge in [0, 0.05) is 31.9 Å². The van der Waals surface area contributed by atoms with Gasteiger partial charge in [-0.3, -0.25) is 24.4 Å². The van der Waals surface area contributed by atoms with E-state index >= 15 is 0 Å². The summed E-state index contributed by atoms with van der Waals surface area (Å²) in [7, 11) is 1.43. The summed E-state index contributed by atoms with van der Waals surface area (Å²) < 4.78 is 4.75. The maximum absolute atomic E-state index is 12.6. The van der Waals surface area contributed by atoms with Crippen molar-refractivity contribution >= 4 is 11.9 Å². The quantitative estimate of drug-likeness (QED) is 0.750. The molecule has 0 aromatic carbocycles. The number of nitrogens with one attached hydrogen (secondary N) is 1. The van der Waals surface area contributed by atoms with Crippen LogP contribution in [0.15, 0.2) is 24.4 Å². The Morgan fingerprint density at radius 1 is 1.22 bits per heavy atom. The van der Waals surface area contributed by atoms with E-state index in [0.717, 1.165) is 57.6 Å². The van der Waals surface area contributed by atoms with E-state index in [9.17, 15) is 9.59 Å². The molecule has 1 aromatic heterocycles. The second-order valence-corrected chi connectivity index (χ2v) is 7.46. The molecule has 0 saturated carbocycles. The lowest BCUT2D eigenvalue weighted by atomic mass is 9.93. The van der Waals surface area contributed by atoms with Crippen molar-refractivity contribution in [2.24, 2.45) is 5.92 Å². The van der Waals surface area contributed by atoms with Crippen LogP contribution in [0.2, 0.25) is 0 Å². The summed E-state index contributed by atoms with van der Waals surface area (Å²) in [5.41, 5.74) is 0.886. The number of carbonyl (C=O) groups is 2. The Morgan fingerprint density at radius 3 is 2.74 bits per heavy atom. The summed E-state index contributed by atoms with van der Waals surface area (Å²) >= 11 is 0. The van der Waals surface area contributed by atoms with Gasteiger partial charge in [-0.2, -0.15) is 0 Å². The minimum absolute atomic E-state index is 0.0514. The molecule has 27 heavy (non-hydrogen) atoms.